The highest BCUT2D eigenvalue weighted by Gasteiger charge is 2.31. The van der Waals surface area contributed by atoms with E-state index in [-0.39, 0.29) is 33.7 Å². The van der Waals surface area contributed by atoms with Crippen LogP contribution >= 0.6 is 15.9 Å². The van der Waals surface area contributed by atoms with Crippen LogP contribution in [0, 0.1) is 0 Å². The van der Waals surface area contributed by atoms with Gasteiger partial charge in [0.05, 0.1) is 16.2 Å². The highest BCUT2D eigenvalue weighted by atomic mass is 79.9. The number of hydrogen-bond acceptors (Lipinski definition) is 6. The fourth-order valence-electron chi connectivity index (χ4n) is 2.47. The highest BCUT2D eigenvalue weighted by Crippen LogP contribution is 2.32. The topological polar surface area (TPSA) is 90.6 Å². The van der Waals surface area contributed by atoms with Crippen LogP contribution in [0.15, 0.2) is 40.0 Å². The summed E-state index contributed by atoms with van der Waals surface area (Å²) in [5, 5.41) is 7.84. The minimum atomic E-state index is -4.53. The van der Waals surface area contributed by atoms with Crippen molar-refractivity contribution < 1.29 is 21.6 Å². The molecule has 0 amide bonds. The van der Waals surface area contributed by atoms with Gasteiger partial charge in [0.25, 0.3) is 0 Å². The van der Waals surface area contributed by atoms with Gasteiger partial charge in [0, 0.05) is 23.9 Å². The van der Waals surface area contributed by atoms with E-state index in [1.54, 1.807) is 0 Å². The Morgan fingerprint density at radius 2 is 1.82 bits per heavy atom. The highest BCUT2D eigenvalue weighted by molar-refractivity contribution is 9.10. The lowest BCUT2D eigenvalue weighted by molar-refractivity contribution is -0.137. The molecular formula is C16H13BrF3N5O2S. The molecule has 0 bridgehead atoms. The molecule has 0 aliphatic heterocycles. The van der Waals surface area contributed by atoms with Gasteiger partial charge in [-0.05, 0) is 34.1 Å². The molecule has 0 aromatic carbocycles. The van der Waals surface area contributed by atoms with Crippen LogP contribution in [0.5, 0.6) is 0 Å². The normalized spacial score (nSPS) is 12.4. The Labute approximate surface area is 166 Å². The number of aromatic nitrogens is 5. The average molecular weight is 476 g/mol. The fraction of sp³-hybridized carbons (Fsp3) is 0.250. The third-order valence-electron chi connectivity index (χ3n) is 3.94. The Morgan fingerprint density at radius 1 is 1.14 bits per heavy atom. The molecule has 0 atom stereocenters. The Hall–Kier alpha value is -2.34. The molecule has 0 spiro atoms. The summed E-state index contributed by atoms with van der Waals surface area (Å²) in [6.07, 6.45) is -2.10. The first kappa shape index (κ1) is 20.4. The molecule has 12 heteroatoms. The maximum Gasteiger partial charge on any atom is 0.416 e. The van der Waals surface area contributed by atoms with Gasteiger partial charge in [0.15, 0.2) is 21.5 Å². The Bertz CT molecular complexity index is 1150. The third kappa shape index (κ3) is 3.78. The lowest BCUT2D eigenvalue weighted by Crippen LogP contribution is -2.09. The first-order valence-corrected chi connectivity index (χ1v) is 10.3. The van der Waals surface area contributed by atoms with Crippen LogP contribution in [0.4, 0.5) is 13.2 Å². The molecule has 0 fully saturated rings. The van der Waals surface area contributed by atoms with Crippen molar-refractivity contribution in [1.82, 2.24) is 24.7 Å². The maximum atomic E-state index is 13.0. The summed E-state index contributed by atoms with van der Waals surface area (Å²) in [5.41, 5.74) is -0.871. The van der Waals surface area contributed by atoms with Gasteiger partial charge < -0.3 is 4.57 Å². The smallest absolute Gasteiger partial charge is 0.307 e. The van der Waals surface area contributed by atoms with Gasteiger partial charge in [-0.2, -0.15) is 13.2 Å². The molecule has 7 nitrogen and oxygen atoms in total. The fourth-order valence-corrected chi connectivity index (χ4v) is 4.01. The summed E-state index contributed by atoms with van der Waals surface area (Å²) in [6.45, 7) is 1.49. The molecule has 3 aromatic rings. The maximum absolute atomic E-state index is 13.0. The number of rotatable bonds is 4. The van der Waals surface area contributed by atoms with Crippen molar-refractivity contribution in [2.45, 2.75) is 18.0 Å². The first-order chi connectivity index (χ1) is 13.0. The van der Waals surface area contributed by atoms with Crippen molar-refractivity contribution in [3.8, 4) is 23.0 Å². The van der Waals surface area contributed by atoms with Crippen molar-refractivity contribution in [1.29, 1.82) is 0 Å². The van der Waals surface area contributed by atoms with Crippen molar-refractivity contribution in [3.63, 3.8) is 0 Å². The van der Waals surface area contributed by atoms with Gasteiger partial charge in [-0.15, -0.1) is 10.2 Å². The predicted octanol–water partition coefficient (Wildman–Crippen LogP) is 3.51. The van der Waals surface area contributed by atoms with Crippen LogP contribution in [0.3, 0.4) is 0 Å². The van der Waals surface area contributed by atoms with E-state index in [0.29, 0.717) is 4.47 Å². The zero-order valence-electron chi connectivity index (χ0n) is 14.6. The molecule has 3 heterocycles. The van der Waals surface area contributed by atoms with Crippen LogP contribution in [0.1, 0.15) is 12.5 Å². The zero-order valence-corrected chi connectivity index (χ0v) is 17.0. The van der Waals surface area contributed by atoms with E-state index in [1.165, 1.54) is 30.8 Å². The van der Waals surface area contributed by atoms with E-state index in [9.17, 15) is 21.6 Å². The second-order valence-electron chi connectivity index (χ2n) is 5.74. The van der Waals surface area contributed by atoms with Crippen molar-refractivity contribution in [2.24, 2.45) is 7.05 Å². The van der Waals surface area contributed by atoms with Crippen molar-refractivity contribution in [2.75, 3.05) is 5.75 Å². The van der Waals surface area contributed by atoms with Crippen LogP contribution < -0.4 is 0 Å². The van der Waals surface area contributed by atoms with E-state index >= 15 is 0 Å². The number of sulfone groups is 1. The van der Waals surface area contributed by atoms with E-state index in [1.807, 2.05) is 0 Å². The Kier molecular flexibility index (Phi) is 5.28. The summed E-state index contributed by atoms with van der Waals surface area (Å²) in [4.78, 5) is 8.01. The van der Waals surface area contributed by atoms with E-state index in [2.05, 4.69) is 36.1 Å². The van der Waals surface area contributed by atoms with E-state index in [4.69, 9.17) is 0 Å². The molecule has 0 saturated carbocycles. The van der Waals surface area contributed by atoms with Crippen LogP contribution in [-0.2, 0) is 23.1 Å². The average Bonchev–Trinajstić information content (AvgIpc) is 3.02. The van der Waals surface area contributed by atoms with Crippen LogP contribution in [0.2, 0.25) is 0 Å². The van der Waals surface area contributed by atoms with E-state index in [0.717, 1.165) is 18.3 Å². The first-order valence-electron chi connectivity index (χ1n) is 7.86. The summed E-state index contributed by atoms with van der Waals surface area (Å²) in [5.74, 6) is -0.0164. The quantitative estimate of drug-likeness (QED) is 0.573. The largest absolute Gasteiger partial charge is 0.416 e. The predicted molar refractivity (Wildman–Crippen MR) is 97.9 cm³/mol. The second kappa shape index (κ2) is 7.24. The molecule has 0 unspecified atom stereocenters. The summed E-state index contributed by atoms with van der Waals surface area (Å²) in [6, 6.07) is 3.10. The van der Waals surface area contributed by atoms with Gasteiger partial charge >= 0.3 is 6.18 Å². The SMILES string of the molecule is CCS(=O)(=O)c1cc(Br)cnc1-c1nnc(-c2cc(C(F)(F)F)ccn2)n1C. The number of halogens is 4. The number of pyridine rings is 2. The lowest BCUT2D eigenvalue weighted by Gasteiger charge is -2.10. The van der Waals surface area contributed by atoms with Crippen LogP contribution in [-0.4, -0.2) is 38.9 Å². The van der Waals surface area contributed by atoms with E-state index < -0.39 is 21.6 Å². The van der Waals surface area contributed by atoms with Gasteiger partial charge in [-0.1, -0.05) is 6.92 Å². The van der Waals surface area contributed by atoms with Crippen molar-refractivity contribution in [3.05, 3.63) is 40.6 Å². The zero-order chi connectivity index (χ0) is 20.7. The molecule has 0 radical (unpaired) electrons. The number of alkyl halides is 3. The van der Waals surface area contributed by atoms with Gasteiger partial charge in [-0.3, -0.25) is 9.97 Å². The molecule has 148 valence electrons. The number of nitrogens with zero attached hydrogens (tertiary/aromatic N) is 5. The molecule has 3 aromatic heterocycles. The molecule has 3 rings (SSSR count). The molecule has 0 saturated heterocycles. The molecule has 28 heavy (non-hydrogen) atoms. The number of hydrogen-bond donors (Lipinski definition) is 0. The van der Waals surface area contributed by atoms with Gasteiger partial charge in [0.2, 0.25) is 0 Å². The molecule has 0 aliphatic rings. The minimum Gasteiger partial charge on any atom is -0.307 e. The monoisotopic (exact) mass is 475 g/mol. The molecule has 0 aliphatic carbocycles. The Balaban J connectivity index is 2.16. The lowest BCUT2D eigenvalue weighted by atomic mass is 10.2. The van der Waals surface area contributed by atoms with Crippen molar-refractivity contribution >= 4 is 25.8 Å². The van der Waals surface area contributed by atoms with Gasteiger partial charge in [0.1, 0.15) is 11.4 Å². The summed E-state index contributed by atoms with van der Waals surface area (Å²) >= 11 is 3.19. The summed E-state index contributed by atoms with van der Waals surface area (Å²) in [7, 11) is -2.14. The minimum absolute atomic E-state index is 0.0469. The summed E-state index contributed by atoms with van der Waals surface area (Å²) < 4.78 is 65.6. The van der Waals surface area contributed by atoms with Gasteiger partial charge in [-0.25, -0.2) is 8.42 Å². The standard InChI is InChI=1S/C16H13BrF3N5O2S/c1-3-28(26,27)12-7-10(17)8-22-13(12)15-24-23-14(25(15)2)11-6-9(4-5-21-11)16(18,19)20/h4-8H,3H2,1-2H3. The second-order valence-corrected chi connectivity index (χ2v) is 8.90. The molecular weight excluding hydrogens is 463 g/mol. The van der Waals surface area contributed by atoms with Crippen LogP contribution in [0.25, 0.3) is 23.0 Å². The molecule has 0 N–H and O–H groups in total. The third-order valence-corrected chi connectivity index (χ3v) is 6.11. The Morgan fingerprint density at radius 3 is 2.46 bits per heavy atom.